The molecule has 0 aliphatic heterocycles. The minimum Gasteiger partial charge on any atom is -0.225 e. The molecule has 0 unspecified atom stereocenters. The lowest BCUT2D eigenvalue weighted by Gasteiger charge is -2.07. The summed E-state index contributed by atoms with van der Waals surface area (Å²) in [7, 11) is -3.74. The zero-order chi connectivity index (χ0) is 9.90. The fourth-order valence-electron chi connectivity index (χ4n) is 0.668. The predicted octanol–water partition coefficient (Wildman–Crippen LogP) is 1.94. The Morgan fingerprint density at radius 3 is 2.15 bits per heavy atom. The minimum absolute atomic E-state index is 0.0245. The van der Waals surface area contributed by atoms with Crippen LogP contribution >= 0.6 is 11.8 Å². The summed E-state index contributed by atoms with van der Waals surface area (Å²) >= 11 is 0.0245. The first-order chi connectivity index (χ1) is 6.02. The maximum Gasteiger partial charge on any atom is 0.395 e. The van der Waals surface area contributed by atoms with Crippen molar-refractivity contribution in [3.8, 4) is 0 Å². The molecule has 0 amide bonds. The molecule has 1 aromatic carbocycles. The molecule has 0 radical (unpaired) electrons. The topological polar surface area (TPSA) is 34.1 Å². The molecular weight excluding hydrogens is 218 g/mol. The molecule has 0 atom stereocenters. The lowest BCUT2D eigenvalue weighted by Crippen LogP contribution is -2.11. The maximum absolute atomic E-state index is 12.6. The third-order valence-electron chi connectivity index (χ3n) is 1.20. The third kappa shape index (κ3) is 2.96. The van der Waals surface area contributed by atoms with Crippen molar-refractivity contribution in [3.05, 3.63) is 30.3 Å². The Labute approximate surface area is 79.9 Å². The zero-order valence-electron chi connectivity index (χ0n) is 6.31. The van der Waals surface area contributed by atoms with Crippen molar-refractivity contribution in [2.24, 2.45) is 0 Å². The standard InChI is InChI=1S/C7H6F2O2S2/c8-7(9,13(10)11)12-6-4-2-1-3-5-6/h1-5,13H. The van der Waals surface area contributed by atoms with Gasteiger partial charge in [-0.25, -0.2) is 8.42 Å². The van der Waals surface area contributed by atoms with Gasteiger partial charge in [0.1, 0.15) is 0 Å². The highest BCUT2D eigenvalue weighted by Gasteiger charge is 2.34. The largest absolute Gasteiger partial charge is 0.395 e. The van der Waals surface area contributed by atoms with E-state index in [0.29, 0.717) is 0 Å². The van der Waals surface area contributed by atoms with Crippen LogP contribution in [-0.2, 0) is 10.7 Å². The van der Waals surface area contributed by atoms with Gasteiger partial charge in [0.25, 0.3) is 0 Å². The summed E-state index contributed by atoms with van der Waals surface area (Å²) in [5.74, 6) is 0. The Morgan fingerprint density at radius 1 is 1.15 bits per heavy atom. The highest BCUT2D eigenvalue weighted by molar-refractivity contribution is 8.09. The minimum atomic E-state index is -3.74. The molecule has 0 aliphatic rings. The Kier molecular flexibility index (Phi) is 3.27. The fraction of sp³-hybridized carbons (Fsp3) is 0.143. The van der Waals surface area contributed by atoms with Crippen LogP contribution in [0.15, 0.2) is 35.2 Å². The van der Waals surface area contributed by atoms with Gasteiger partial charge in [-0.2, -0.15) is 8.78 Å². The van der Waals surface area contributed by atoms with Gasteiger partial charge in [0.2, 0.25) is 10.7 Å². The average Bonchev–Trinajstić information content (AvgIpc) is 2.05. The highest BCUT2D eigenvalue weighted by atomic mass is 32.2. The lowest BCUT2D eigenvalue weighted by atomic mass is 10.4. The summed E-state index contributed by atoms with van der Waals surface area (Å²) in [5, 5.41) is 0. The smallest absolute Gasteiger partial charge is 0.225 e. The molecule has 6 heteroatoms. The SMILES string of the molecule is O=[SH](=O)C(F)(F)Sc1ccccc1. The van der Waals surface area contributed by atoms with Crippen LogP contribution in [0.4, 0.5) is 8.78 Å². The first kappa shape index (κ1) is 10.5. The first-order valence-electron chi connectivity index (χ1n) is 3.29. The van der Waals surface area contributed by atoms with Crippen LogP contribution in [0.5, 0.6) is 0 Å². The number of hydrogen-bond acceptors (Lipinski definition) is 3. The zero-order valence-corrected chi connectivity index (χ0v) is 8.03. The molecule has 72 valence electrons. The van der Waals surface area contributed by atoms with E-state index in [2.05, 4.69) is 0 Å². The monoisotopic (exact) mass is 224 g/mol. The normalized spacial score (nSPS) is 11.9. The van der Waals surface area contributed by atoms with E-state index < -0.39 is 15.3 Å². The van der Waals surface area contributed by atoms with E-state index in [0.717, 1.165) is 0 Å². The molecule has 0 heterocycles. The molecule has 0 saturated carbocycles. The van der Waals surface area contributed by atoms with Gasteiger partial charge in [0, 0.05) is 4.90 Å². The quantitative estimate of drug-likeness (QED) is 0.629. The molecule has 0 aromatic heterocycles. The second-order valence-corrected chi connectivity index (χ2v) is 4.72. The van der Waals surface area contributed by atoms with Crippen molar-refractivity contribution in [1.82, 2.24) is 0 Å². The Hall–Kier alpha value is -0.620. The highest BCUT2D eigenvalue weighted by Crippen LogP contribution is 2.35. The van der Waals surface area contributed by atoms with E-state index in [1.807, 2.05) is 0 Å². The summed E-state index contributed by atoms with van der Waals surface area (Å²) in [4.78, 5) is 0.228. The summed E-state index contributed by atoms with van der Waals surface area (Å²) in [6, 6.07) is 7.65. The van der Waals surface area contributed by atoms with E-state index >= 15 is 0 Å². The Bertz CT molecular complexity index is 341. The molecule has 0 spiro atoms. The van der Waals surface area contributed by atoms with Crippen LogP contribution in [-0.4, -0.2) is 13.0 Å². The molecule has 0 saturated heterocycles. The van der Waals surface area contributed by atoms with Gasteiger partial charge >= 0.3 is 4.59 Å². The van der Waals surface area contributed by atoms with E-state index in [9.17, 15) is 17.2 Å². The summed E-state index contributed by atoms with van der Waals surface area (Å²) in [6.45, 7) is 0. The molecule has 0 bridgehead atoms. The van der Waals surface area contributed by atoms with E-state index in [1.54, 1.807) is 18.2 Å². The van der Waals surface area contributed by atoms with Crippen molar-refractivity contribution in [2.45, 2.75) is 9.48 Å². The van der Waals surface area contributed by atoms with E-state index in [1.165, 1.54) is 12.1 Å². The van der Waals surface area contributed by atoms with Crippen LogP contribution in [0.3, 0.4) is 0 Å². The predicted molar refractivity (Wildman–Crippen MR) is 47.6 cm³/mol. The molecular formula is C7H6F2O2S2. The van der Waals surface area contributed by atoms with Gasteiger partial charge in [-0.3, -0.25) is 0 Å². The Morgan fingerprint density at radius 2 is 1.69 bits per heavy atom. The van der Waals surface area contributed by atoms with Crippen molar-refractivity contribution in [1.29, 1.82) is 0 Å². The molecule has 0 fully saturated rings. The van der Waals surface area contributed by atoms with Gasteiger partial charge in [-0.1, -0.05) is 18.2 Å². The van der Waals surface area contributed by atoms with Crippen LogP contribution < -0.4 is 0 Å². The fourth-order valence-corrected chi connectivity index (χ4v) is 1.86. The second-order valence-electron chi connectivity index (χ2n) is 2.16. The second kappa shape index (κ2) is 4.06. The van der Waals surface area contributed by atoms with Crippen molar-refractivity contribution in [2.75, 3.05) is 0 Å². The summed E-state index contributed by atoms with van der Waals surface area (Å²) in [6.07, 6.45) is 0. The van der Waals surface area contributed by atoms with Gasteiger partial charge in [0.05, 0.1) is 0 Å². The van der Waals surface area contributed by atoms with Crippen molar-refractivity contribution in [3.63, 3.8) is 0 Å². The van der Waals surface area contributed by atoms with E-state index in [-0.39, 0.29) is 16.7 Å². The number of alkyl halides is 2. The van der Waals surface area contributed by atoms with Crippen LogP contribution in [0, 0.1) is 0 Å². The number of thiol groups is 1. The molecule has 1 aromatic rings. The molecule has 0 N–H and O–H groups in total. The van der Waals surface area contributed by atoms with Gasteiger partial charge < -0.3 is 0 Å². The van der Waals surface area contributed by atoms with Crippen molar-refractivity contribution < 1.29 is 17.2 Å². The van der Waals surface area contributed by atoms with Gasteiger partial charge in [0.15, 0.2) is 0 Å². The maximum atomic E-state index is 12.6. The number of hydrogen-bond donors (Lipinski definition) is 1. The third-order valence-corrected chi connectivity index (χ3v) is 3.10. The van der Waals surface area contributed by atoms with Gasteiger partial charge in [-0.05, 0) is 23.9 Å². The number of benzene rings is 1. The number of halogens is 2. The number of rotatable bonds is 3. The van der Waals surface area contributed by atoms with Gasteiger partial charge in [-0.15, -0.1) is 0 Å². The van der Waals surface area contributed by atoms with Crippen molar-refractivity contribution >= 4 is 22.5 Å². The molecule has 1 rings (SSSR count). The van der Waals surface area contributed by atoms with Crippen LogP contribution in [0.1, 0.15) is 0 Å². The average molecular weight is 224 g/mol. The molecule has 2 nitrogen and oxygen atoms in total. The van der Waals surface area contributed by atoms with Crippen LogP contribution in [0.2, 0.25) is 0 Å². The Balaban J connectivity index is 2.81. The van der Waals surface area contributed by atoms with Crippen LogP contribution in [0.25, 0.3) is 0 Å². The summed E-state index contributed by atoms with van der Waals surface area (Å²) in [5.41, 5.74) is 0. The molecule has 13 heavy (non-hydrogen) atoms. The molecule has 0 aliphatic carbocycles. The number of thioether (sulfide) groups is 1. The van der Waals surface area contributed by atoms with E-state index in [4.69, 9.17) is 0 Å². The lowest BCUT2D eigenvalue weighted by molar-refractivity contribution is 0.201. The summed E-state index contributed by atoms with van der Waals surface area (Å²) < 4.78 is 41.7. The first-order valence-corrected chi connectivity index (χ1v) is 5.28.